The number of rotatable bonds is 4. The van der Waals surface area contributed by atoms with Crippen LogP contribution in [0.25, 0.3) is 11.6 Å². The van der Waals surface area contributed by atoms with Crippen molar-refractivity contribution in [2.45, 2.75) is 19.0 Å². The minimum absolute atomic E-state index is 0.0831. The van der Waals surface area contributed by atoms with Gasteiger partial charge in [0.2, 0.25) is 0 Å². The molecule has 0 fully saturated rings. The molecule has 3 aromatic heterocycles. The normalized spacial score (nSPS) is 16.8. The highest BCUT2D eigenvalue weighted by atomic mass is 16.3. The van der Waals surface area contributed by atoms with E-state index in [0.29, 0.717) is 23.9 Å². The summed E-state index contributed by atoms with van der Waals surface area (Å²) in [6, 6.07) is 11.0. The Bertz CT molecular complexity index is 1070. The van der Waals surface area contributed by atoms with E-state index in [1.165, 1.54) is 0 Å². The summed E-state index contributed by atoms with van der Waals surface area (Å²) in [4.78, 5) is 19.1. The van der Waals surface area contributed by atoms with Gasteiger partial charge in [0, 0.05) is 48.7 Å². The lowest BCUT2D eigenvalue weighted by Gasteiger charge is -2.35. The van der Waals surface area contributed by atoms with Crippen LogP contribution in [0.4, 0.5) is 0 Å². The molecule has 7 nitrogen and oxygen atoms in total. The number of nitrogens with one attached hydrogen (secondary N) is 1. The molecule has 0 amide bonds. The molecule has 28 heavy (non-hydrogen) atoms. The van der Waals surface area contributed by atoms with Crippen LogP contribution >= 0.6 is 0 Å². The number of H-pyrrole nitrogens is 1. The van der Waals surface area contributed by atoms with Crippen molar-refractivity contribution in [3.8, 4) is 17.3 Å². The second-order valence-electron chi connectivity index (χ2n) is 6.84. The summed E-state index contributed by atoms with van der Waals surface area (Å²) in [6.07, 6.45) is 7.89. The minimum Gasteiger partial charge on any atom is -0.508 e. The van der Waals surface area contributed by atoms with Crippen molar-refractivity contribution in [1.82, 2.24) is 24.8 Å². The van der Waals surface area contributed by atoms with Gasteiger partial charge in [0.15, 0.2) is 11.6 Å². The molecule has 2 N–H and O–H groups in total. The van der Waals surface area contributed by atoms with E-state index >= 15 is 0 Å². The Morgan fingerprint density at radius 1 is 1.11 bits per heavy atom. The first-order valence-electron chi connectivity index (χ1n) is 9.18. The number of phenols is 1. The number of nitrogens with zero attached hydrogens (tertiary/aromatic N) is 4. The van der Waals surface area contributed by atoms with Crippen molar-refractivity contribution in [1.29, 1.82) is 0 Å². The van der Waals surface area contributed by atoms with E-state index in [1.54, 1.807) is 18.7 Å². The van der Waals surface area contributed by atoms with E-state index in [2.05, 4.69) is 24.8 Å². The molecular formula is C21H19N5O2. The maximum Gasteiger partial charge on any atom is 0.195 e. The van der Waals surface area contributed by atoms with Crippen molar-refractivity contribution in [2.75, 3.05) is 6.54 Å². The molecule has 1 aliphatic heterocycles. The van der Waals surface area contributed by atoms with Gasteiger partial charge in [-0.15, -0.1) is 0 Å². The van der Waals surface area contributed by atoms with Gasteiger partial charge < -0.3 is 14.5 Å². The van der Waals surface area contributed by atoms with E-state index in [1.807, 2.05) is 42.7 Å². The standard InChI is InChI=1S/C21H19N5O2/c27-17-5-2-1-4-14(17)12-26-8-7-16-19(25-13-24-16)20(26)15-10-22-21(23-11-15)18-6-3-9-28-18/h1-6,9-11,13,20,27H,7-8,12H2,(H,24,25)/t20-/m0/s1. The third-order valence-corrected chi connectivity index (χ3v) is 5.12. The smallest absolute Gasteiger partial charge is 0.195 e. The number of hydrogen-bond acceptors (Lipinski definition) is 6. The number of furan rings is 1. The molecule has 5 rings (SSSR count). The van der Waals surface area contributed by atoms with Gasteiger partial charge in [0.05, 0.1) is 24.3 Å². The average molecular weight is 373 g/mol. The Balaban J connectivity index is 1.51. The van der Waals surface area contributed by atoms with Gasteiger partial charge in [-0.3, -0.25) is 4.90 Å². The number of imidazole rings is 1. The number of aromatic amines is 1. The predicted molar refractivity (Wildman–Crippen MR) is 102 cm³/mol. The first-order chi connectivity index (χ1) is 13.8. The van der Waals surface area contributed by atoms with E-state index in [4.69, 9.17) is 4.42 Å². The van der Waals surface area contributed by atoms with Gasteiger partial charge in [-0.2, -0.15) is 0 Å². The number of hydrogen-bond donors (Lipinski definition) is 2. The van der Waals surface area contributed by atoms with Gasteiger partial charge in [0.1, 0.15) is 5.75 Å². The quantitative estimate of drug-likeness (QED) is 0.570. The van der Waals surface area contributed by atoms with Gasteiger partial charge >= 0.3 is 0 Å². The monoisotopic (exact) mass is 373 g/mol. The minimum atomic E-state index is -0.0831. The molecule has 140 valence electrons. The number of fused-ring (bicyclic) bond motifs is 1. The van der Waals surface area contributed by atoms with Gasteiger partial charge in [0.25, 0.3) is 0 Å². The lowest BCUT2D eigenvalue weighted by atomic mass is 9.97. The summed E-state index contributed by atoms with van der Waals surface area (Å²) in [6.45, 7) is 1.46. The first kappa shape index (κ1) is 16.7. The van der Waals surface area contributed by atoms with Crippen LogP contribution in [0.2, 0.25) is 0 Å². The van der Waals surface area contributed by atoms with Crippen molar-refractivity contribution < 1.29 is 9.52 Å². The fourth-order valence-corrected chi connectivity index (χ4v) is 3.74. The molecule has 0 bridgehead atoms. The first-order valence-corrected chi connectivity index (χ1v) is 9.18. The largest absolute Gasteiger partial charge is 0.508 e. The maximum atomic E-state index is 10.2. The Morgan fingerprint density at radius 3 is 2.75 bits per heavy atom. The van der Waals surface area contributed by atoms with Crippen molar-refractivity contribution in [2.24, 2.45) is 0 Å². The van der Waals surface area contributed by atoms with Gasteiger partial charge in [-0.1, -0.05) is 18.2 Å². The number of aromatic nitrogens is 4. The molecule has 0 spiro atoms. The SMILES string of the molecule is Oc1ccccc1CN1CCc2[nH]cnc2[C@@H]1c1cnc(-c2ccco2)nc1. The summed E-state index contributed by atoms with van der Waals surface area (Å²) < 4.78 is 5.38. The van der Waals surface area contributed by atoms with Crippen LogP contribution in [0, 0.1) is 0 Å². The Morgan fingerprint density at radius 2 is 1.96 bits per heavy atom. The second kappa shape index (κ2) is 6.94. The van der Waals surface area contributed by atoms with Gasteiger partial charge in [-0.05, 0) is 18.2 Å². The average Bonchev–Trinajstić information content (AvgIpc) is 3.42. The zero-order chi connectivity index (χ0) is 18.9. The lowest BCUT2D eigenvalue weighted by Crippen LogP contribution is -2.36. The topological polar surface area (TPSA) is 91.1 Å². The summed E-state index contributed by atoms with van der Waals surface area (Å²) >= 11 is 0. The van der Waals surface area contributed by atoms with Crippen molar-refractivity contribution in [3.05, 3.63) is 83.9 Å². The van der Waals surface area contributed by atoms with Crippen LogP contribution in [0.5, 0.6) is 5.75 Å². The molecule has 0 saturated heterocycles. The van der Waals surface area contributed by atoms with Crippen LogP contribution in [0.1, 0.15) is 28.6 Å². The van der Waals surface area contributed by atoms with E-state index in [-0.39, 0.29) is 6.04 Å². The molecule has 0 aliphatic carbocycles. The van der Waals surface area contributed by atoms with E-state index < -0.39 is 0 Å². The van der Waals surface area contributed by atoms with E-state index in [9.17, 15) is 5.11 Å². The van der Waals surface area contributed by atoms with Crippen LogP contribution in [0.15, 0.2) is 65.8 Å². The van der Waals surface area contributed by atoms with E-state index in [0.717, 1.165) is 35.5 Å². The molecular weight excluding hydrogens is 354 g/mol. The number of para-hydroxylation sites is 1. The van der Waals surface area contributed by atoms with Crippen molar-refractivity contribution >= 4 is 0 Å². The van der Waals surface area contributed by atoms with Crippen molar-refractivity contribution in [3.63, 3.8) is 0 Å². The molecule has 0 radical (unpaired) electrons. The third-order valence-electron chi connectivity index (χ3n) is 5.12. The summed E-state index contributed by atoms with van der Waals surface area (Å²) in [7, 11) is 0. The highest BCUT2D eigenvalue weighted by Crippen LogP contribution is 2.35. The molecule has 1 aliphatic rings. The Hall–Kier alpha value is -3.45. The number of benzene rings is 1. The summed E-state index contributed by atoms with van der Waals surface area (Å²) in [5.74, 6) is 1.50. The zero-order valence-corrected chi connectivity index (χ0v) is 15.1. The fraction of sp³-hybridized carbons (Fsp3) is 0.190. The number of phenolic OH excluding ortho intramolecular Hbond substituents is 1. The maximum absolute atomic E-state index is 10.2. The lowest BCUT2D eigenvalue weighted by molar-refractivity contribution is 0.197. The molecule has 0 unspecified atom stereocenters. The molecule has 4 heterocycles. The molecule has 1 atom stereocenters. The molecule has 1 aromatic carbocycles. The Labute approximate surface area is 161 Å². The number of aromatic hydroxyl groups is 1. The zero-order valence-electron chi connectivity index (χ0n) is 15.1. The van der Waals surface area contributed by atoms with Gasteiger partial charge in [-0.25, -0.2) is 15.0 Å². The third kappa shape index (κ3) is 2.95. The highest BCUT2D eigenvalue weighted by Gasteiger charge is 2.32. The molecule has 4 aromatic rings. The fourth-order valence-electron chi connectivity index (χ4n) is 3.74. The molecule has 0 saturated carbocycles. The van der Waals surface area contributed by atoms with Crippen LogP contribution < -0.4 is 0 Å². The highest BCUT2D eigenvalue weighted by molar-refractivity contribution is 5.46. The van der Waals surface area contributed by atoms with Crippen LogP contribution in [-0.2, 0) is 13.0 Å². The summed E-state index contributed by atoms with van der Waals surface area (Å²) in [5.41, 5.74) is 3.96. The molecule has 7 heteroatoms. The van der Waals surface area contributed by atoms with Crippen LogP contribution in [0.3, 0.4) is 0 Å². The van der Waals surface area contributed by atoms with Crippen LogP contribution in [-0.4, -0.2) is 36.5 Å². The second-order valence-corrected chi connectivity index (χ2v) is 6.84. The Kier molecular flexibility index (Phi) is 4.14. The summed E-state index contributed by atoms with van der Waals surface area (Å²) in [5, 5.41) is 10.2. The predicted octanol–water partition coefficient (Wildman–Crippen LogP) is 3.31.